The zero-order chi connectivity index (χ0) is 13.2. The van der Waals surface area contributed by atoms with Gasteiger partial charge < -0.3 is 0 Å². The quantitative estimate of drug-likeness (QED) is 0.853. The molecule has 0 radical (unpaired) electrons. The number of nitriles is 1. The van der Waals surface area contributed by atoms with Crippen LogP contribution in [0.15, 0.2) is 4.47 Å². The van der Waals surface area contributed by atoms with Gasteiger partial charge in [0.05, 0.1) is 27.3 Å². The number of hydrogen-bond acceptors (Lipinski definition) is 2. The van der Waals surface area contributed by atoms with E-state index in [4.69, 9.17) is 0 Å². The fraction of sp³-hybridized carbons (Fsp3) is 0.714. The van der Waals surface area contributed by atoms with Crippen LogP contribution in [0.3, 0.4) is 0 Å². The van der Waals surface area contributed by atoms with Gasteiger partial charge in [0.1, 0.15) is 0 Å². The predicted octanol–water partition coefficient (Wildman–Crippen LogP) is 3.76. The van der Waals surface area contributed by atoms with Crippen molar-refractivity contribution in [3.8, 4) is 6.07 Å². The molecule has 18 heavy (non-hydrogen) atoms. The lowest BCUT2D eigenvalue weighted by molar-refractivity contribution is 0.260. The van der Waals surface area contributed by atoms with Crippen LogP contribution in [-0.4, -0.2) is 9.78 Å². The molecule has 0 bridgehead atoms. The van der Waals surface area contributed by atoms with Gasteiger partial charge in [-0.1, -0.05) is 26.2 Å². The Morgan fingerprint density at radius 2 is 2.06 bits per heavy atom. The molecule has 4 heteroatoms. The molecule has 0 atom stereocenters. The van der Waals surface area contributed by atoms with E-state index in [9.17, 15) is 5.26 Å². The molecular weight excluding hydrogens is 290 g/mol. The van der Waals surface area contributed by atoms with Gasteiger partial charge in [-0.3, -0.25) is 4.68 Å². The molecule has 3 nitrogen and oxygen atoms in total. The molecule has 0 aliphatic heterocycles. The summed E-state index contributed by atoms with van der Waals surface area (Å²) in [6.07, 6.45) is 7.45. The highest BCUT2D eigenvalue weighted by atomic mass is 79.9. The Kier molecular flexibility index (Phi) is 4.11. The summed E-state index contributed by atoms with van der Waals surface area (Å²) in [5, 5.41) is 14.1. The molecule has 1 aliphatic rings. The zero-order valence-electron chi connectivity index (χ0n) is 11.2. The number of halogens is 1. The minimum atomic E-state index is -0.167. The highest BCUT2D eigenvalue weighted by Gasteiger charge is 2.34. The lowest BCUT2D eigenvalue weighted by atomic mass is 9.72. The van der Waals surface area contributed by atoms with E-state index < -0.39 is 0 Å². The van der Waals surface area contributed by atoms with Gasteiger partial charge in [-0.05, 0) is 35.2 Å². The van der Waals surface area contributed by atoms with E-state index in [0.717, 1.165) is 35.8 Å². The Morgan fingerprint density at radius 3 is 2.56 bits per heavy atom. The van der Waals surface area contributed by atoms with Crippen molar-refractivity contribution in [2.24, 2.45) is 12.5 Å². The van der Waals surface area contributed by atoms with Gasteiger partial charge in [-0.25, -0.2) is 0 Å². The third-order valence-corrected chi connectivity index (χ3v) is 4.97. The molecule has 98 valence electrons. The average Bonchev–Trinajstić information content (AvgIpc) is 2.67. The standard InChI is InChI=1S/C14H20BrN3/c1-3-11-13(15)12(18(2)17-11)9-14(10-16)7-5-4-6-8-14/h3-9H2,1-2H3. The molecule has 2 rings (SSSR count). The van der Waals surface area contributed by atoms with Gasteiger partial charge in [0.15, 0.2) is 0 Å². The molecule has 1 fully saturated rings. The predicted molar refractivity (Wildman–Crippen MR) is 75.1 cm³/mol. The minimum absolute atomic E-state index is 0.167. The van der Waals surface area contributed by atoms with Crippen LogP contribution in [0.25, 0.3) is 0 Å². The van der Waals surface area contributed by atoms with Crippen molar-refractivity contribution in [3.63, 3.8) is 0 Å². The Morgan fingerprint density at radius 1 is 1.39 bits per heavy atom. The van der Waals surface area contributed by atoms with E-state index >= 15 is 0 Å². The fourth-order valence-corrected chi connectivity index (χ4v) is 3.65. The van der Waals surface area contributed by atoms with Crippen molar-refractivity contribution < 1.29 is 0 Å². The molecule has 1 aliphatic carbocycles. The molecule has 0 saturated heterocycles. The van der Waals surface area contributed by atoms with Crippen molar-refractivity contribution in [2.45, 2.75) is 51.9 Å². The first kappa shape index (κ1) is 13.6. The maximum Gasteiger partial charge on any atom is 0.0766 e. The van der Waals surface area contributed by atoms with Crippen LogP contribution < -0.4 is 0 Å². The molecule has 1 aromatic heterocycles. The second-order valence-corrected chi connectivity index (χ2v) is 6.11. The first-order valence-electron chi connectivity index (χ1n) is 6.73. The smallest absolute Gasteiger partial charge is 0.0766 e. The average molecular weight is 310 g/mol. The van der Waals surface area contributed by atoms with E-state index in [-0.39, 0.29) is 5.41 Å². The van der Waals surface area contributed by atoms with Crippen molar-refractivity contribution in [1.29, 1.82) is 5.26 Å². The summed E-state index contributed by atoms with van der Waals surface area (Å²) < 4.78 is 3.05. The fourth-order valence-electron chi connectivity index (χ4n) is 2.89. The summed E-state index contributed by atoms with van der Waals surface area (Å²) in [5.41, 5.74) is 2.10. The molecule has 0 spiro atoms. The maximum absolute atomic E-state index is 9.55. The number of rotatable bonds is 3. The third kappa shape index (κ3) is 2.47. The minimum Gasteiger partial charge on any atom is -0.271 e. The zero-order valence-corrected chi connectivity index (χ0v) is 12.8. The molecule has 0 amide bonds. The summed E-state index contributed by atoms with van der Waals surface area (Å²) in [6, 6.07) is 2.59. The summed E-state index contributed by atoms with van der Waals surface area (Å²) in [4.78, 5) is 0. The highest BCUT2D eigenvalue weighted by Crippen LogP contribution is 2.40. The van der Waals surface area contributed by atoms with E-state index in [2.05, 4.69) is 34.0 Å². The monoisotopic (exact) mass is 309 g/mol. The van der Waals surface area contributed by atoms with Crippen LogP contribution in [0.2, 0.25) is 0 Å². The van der Waals surface area contributed by atoms with Gasteiger partial charge in [0.25, 0.3) is 0 Å². The number of aryl methyl sites for hydroxylation is 2. The van der Waals surface area contributed by atoms with Gasteiger partial charge in [-0.15, -0.1) is 0 Å². The first-order chi connectivity index (χ1) is 8.62. The lowest BCUT2D eigenvalue weighted by Gasteiger charge is -2.30. The second-order valence-electron chi connectivity index (χ2n) is 5.31. The Bertz CT molecular complexity index is 464. The topological polar surface area (TPSA) is 41.6 Å². The van der Waals surface area contributed by atoms with Gasteiger partial charge in [-0.2, -0.15) is 10.4 Å². The van der Waals surface area contributed by atoms with Crippen molar-refractivity contribution in [2.75, 3.05) is 0 Å². The number of nitrogens with zero attached hydrogens (tertiary/aromatic N) is 3. The van der Waals surface area contributed by atoms with Crippen LogP contribution in [0.1, 0.15) is 50.4 Å². The molecule has 0 N–H and O–H groups in total. The lowest BCUT2D eigenvalue weighted by Crippen LogP contribution is -2.26. The van der Waals surface area contributed by atoms with E-state index in [1.54, 1.807) is 0 Å². The van der Waals surface area contributed by atoms with E-state index in [1.807, 2.05) is 11.7 Å². The number of hydrogen-bond donors (Lipinski definition) is 0. The van der Waals surface area contributed by atoms with Gasteiger partial charge in [0, 0.05) is 13.5 Å². The van der Waals surface area contributed by atoms with E-state index in [0.29, 0.717) is 0 Å². The van der Waals surface area contributed by atoms with Gasteiger partial charge >= 0.3 is 0 Å². The molecule has 1 aromatic rings. The normalized spacial score (nSPS) is 18.6. The molecule has 0 aromatic carbocycles. The van der Waals surface area contributed by atoms with Crippen LogP contribution >= 0.6 is 15.9 Å². The first-order valence-corrected chi connectivity index (χ1v) is 7.52. The van der Waals surface area contributed by atoms with Crippen LogP contribution in [0.5, 0.6) is 0 Å². The molecule has 1 saturated carbocycles. The summed E-state index contributed by atoms with van der Waals surface area (Å²) >= 11 is 3.65. The Balaban J connectivity index is 2.27. The van der Waals surface area contributed by atoms with Crippen molar-refractivity contribution in [3.05, 3.63) is 15.9 Å². The maximum atomic E-state index is 9.55. The van der Waals surface area contributed by atoms with Gasteiger partial charge in [0.2, 0.25) is 0 Å². The second kappa shape index (κ2) is 5.44. The largest absolute Gasteiger partial charge is 0.271 e. The van der Waals surface area contributed by atoms with Crippen LogP contribution in [-0.2, 0) is 19.9 Å². The number of aromatic nitrogens is 2. The SMILES string of the molecule is CCc1nn(C)c(CC2(C#N)CCCCC2)c1Br. The summed E-state index contributed by atoms with van der Waals surface area (Å²) in [7, 11) is 1.98. The molecular formula is C14H20BrN3. The Labute approximate surface area is 117 Å². The Hall–Kier alpha value is -0.820. The van der Waals surface area contributed by atoms with Crippen molar-refractivity contribution in [1.82, 2.24) is 9.78 Å². The van der Waals surface area contributed by atoms with E-state index in [1.165, 1.54) is 25.0 Å². The molecule has 0 unspecified atom stereocenters. The summed E-state index contributed by atoms with van der Waals surface area (Å²) in [6.45, 7) is 2.11. The third-order valence-electron chi connectivity index (χ3n) is 4.06. The van der Waals surface area contributed by atoms with Crippen molar-refractivity contribution >= 4 is 15.9 Å². The van der Waals surface area contributed by atoms with Crippen LogP contribution in [0.4, 0.5) is 0 Å². The van der Waals surface area contributed by atoms with Crippen LogP contribution in [0, 0.1) is 16.7 Å². The highest BCUT2D eigenvalue weighted by molar-refractivity contribution is 9.10. The summed E-state index contributed by atoms with van der Waals surface area (Å²) in [5.74, 6) is 0. The molecule has 1 heterocycles.